The van der Waals surface area contributed by atoms with Crippen LogP contribution in [0.3, 0.4) is 0 Å². The van der Waals surface area contributed by atoms with Crippen LogP contribution < -0.4 is 5.32 Å². The molecule has 0 aromatic carbocycles. The van der Waals surface area contributed by atoms with E-state index in [1.54, 1.807) is 0 Å². The maximum atomic E-state index is 11.4. The number of sulfone groups is 1. The van der Waals surface area contributed by atoms with Gasteiger partial charge in [-0.15, -0.1) is 0 Å². The first-order valence-corrected chi connectivity index (χ1v) is 6.39. The third-order valence-corrected chi connectivity index (χ3v) is 4.30. The van der Waals surface area contributed by atoms with Gasteiger partial charge in [-0.1, -0.05) is 0 Å². The fraction of sp³-hybridized carbons (Fsp3) is 0.875. The lowest BCUT2D eigenvalue weighted by atomic mass is 10.2. The number of carbonyl (C=O) groups is 1. The van der Waals surface area contributed by atoms with E-state index in [1.165, 1.54) is 0 Å². The predicted molar refractivity (Wildman–Crippen MR) is 47.9 cm³/mol. The normalized spacial score (nSPS) is 33.5. The van der Waals surface area contributed by atoms with Crippen molar-refractivity contribution in [2.45, 2.75) is 25.3 Å². The molecule has 2 aliphatic rings. The smallest absolute Gasteiger partial charge is 0.221 e. The number of rotatable bonds is 1. The van der Waals surface area contributed by atoms with E-state index < -0.39 is 9.84 Å². The van der Waals surface area contributed by atoms with Gasteiger partial charge in [0.05, 0.1) is 11.5 Å². The molecule has 1 unspecified atom stereocenters. The van der Waals surface area contributed by atoms with Crippen LogP contribution in [-0.4, -0.2) is 31.9 Å². The largest absolute Gasteiger partial charge is 0.352 e. The summed E-state index contributed by atoms with van der Waals surface area (Å²) in [5, 5.41) is 2.78. The highest BCUT2D eigenvalue weighted by molar-refractivity contribution is 7.91. The molecule has 1 N–H and O–H groups in total. The van der Waals surface area contributed by atoms with Crippen LogP contribution in [0.25, 0.3) is 0 Å². The monoisotopic (exact) mass is 203 g/mol. The lowest BCUT2D eigenvalue weighted by Gasteiger charge is -2.13. The molecule has 2 rings (SSSR count). The van der Waals surface area contributed by atoms with Crippen molar-refractivity contribution in [3.8, 4) is 0 Å². The zero-order chi connectivity index (χ0) is 9.47. The minimum atomic E-state index is -2.99. The van der Waals surface area contributed by atoms with Gasteiger partial charge in [0.25, 0.3) is 0 Å². The van der Waals surface area contributed by atoms with E-state index in [-0.39, 0.29) is 29.9 Å². The molecular formula is C8H13NO3S. The Morgan fingerprint density at radius 1 is 1.31 bits per heavy atom. The van der Waals surface area contributed by atoms with Crippen LogP contribution in [0.1, 0.15) is 19.3 Å². The molecule has 1 saturated carbocycles. The van der Waals surface area contributed by atoms with E-state index in [4.69, 9.17) is 0 Å². The van der Waals surface area contributed by atoms with Gasteiger partial charge in [0.15, 0.2) is 9.84 Å². The summed E-state index contributed by atoms with van der Waals surface area (Å²) in [6, 6.07) is -0.111. The van der Waals surface area contributed by atoms with Gasteiger partial charge in [-0.05, 0) is 18.8 Å². The summed E-state index contributed by atoms with van der Waals surface area (Å²) in [5.41, 5.74) is 0. The zero-order valence-electron chi connectivity index (χ0n) is 7.32. The van der Waals surface area contributed by atoms with E-state index in [1.807, 2.05) is 0 Å². The highest BCUT2D eigenvalue weighted by Crippen LogP contribution is 2.33. The molecule has 1 amide bonds. The lowest BCUT2D eigenvalue weighted by molar-refractivity contribution is -0.121. The molecule has 0 aromatic heterocycles. The quantitative estimate of drug-likeness (QED) is 0.636. The summed E-state index contributed by atoms with van der Waals surface area (Å²) >= 11 is 0. The van der Waals surface area contributed by atoms with Crippen molar-refractivity contribution in [2.24, 2.45) is 5.92 Å². The average Bonchev–Trinajstić information content (AvgIpc) is 2.79. The molecule has 74 valence electrons. The SMILES string of the molecule is O=C1CCS(=O)(=O)CC(C2CC2)N1. The second-order valence-electron chi connectivity index (χ2n) is 3.88. The van der Waals surface area contributed by atoms with E-state index in [9.17, 15) is 13.2 Å². The standard InChI is InChI=1S/C8H13NO3S/c10-8-3-4-13(11,12)5-7(9-8)6-1-2-6/h6-7H,1-5H2,(H,9,10). The summed E-state index contributed by atoms with van der Waals surface area (Å²) in [6.45, 7) is 0. The van der Waals surface area contributed by atoms with Crippen LogP contribution >= 0.6 is 0 Å². The Morgan fingerprint density at radius 2 is 2.00 bits per heavy atom. The van der Waals surface area contributed by atoms with Crippen LogP contribution in [0.5, 0.6) is 0 Å². The molecular weight excluding hydrogens is 190 g/mol. The summed E-state index contributed by atoms with van der Waals surface area (Å²) in [4.78, 5) is 11.1. The van der Waals surface area contributed by atoms with E-state index in [0.717, 1.165) is 12.8 Å². The highest BCUT2D eigenvalue weighted by atomic mass is 32.2. The fourth-order valence-corrected chi connectivity index (χ4v) is 3.24. The fourth-order valence-electron chi connectivity index (χ4n) is 1.68. The molecule has 2 fully saturated rings. The highest BCUT2D eigenvalue weighted by Gasteiger charge is 2.37. The van der Waals surface area contributed by atoms with Crippen molar-refractivity contribution >= 4 is 15.7 Å². The Kier molecular flexibility index (Phi) is 2.06. The number of carbonyl (C=O) groups excluding carboxylic acids is 1. The Balaban J connectivity index is 2.13. The molecule has 0 radical (unpaired) electrons. The van der Waals surface area contributed by atoms with Crippen LogP contribution in [0.2, 0.25) is 0 Å². The second kappa shape index (κ2) is 2.97. The van der Waals surface area contributed by atoms with Gasteiger partial charge in [0, 0.05) is 12.5 Å². The lowest BCUT2D eigenvalue weighted by Crippen LogP contribution is -2.38. The molecule has 1 atom stereocenters. The molecule has 1 heterocycles. The van der Waals surface area contributed by atoms with Crippen molar-refractivity contribution in [1.82, 2.24) is 5.32 Å². The van der Waals surface area contributed by atoms with E-state index in [2.05, 4.69) is 5.32 Å². The van der Waals surface area contributed by atoms with Gasteiger partial charge in [-0.3, -0.25) is 4.79 Å². The zero-order valence-corrected chi connectivity index (χ0v) is 8.14. The molecule has 0 spiro atoms. The van der Waals surface area contributed by atoms with Gasteiger partial charge in [0.1, 0.15) is 0 Å². The van der Waals surface area contributed by atoms with Crippen molar-refractivity contribution in [3.63, 3.8) is 0 Å². The maximum absolute atomic E-state index is 11.4. The molecule has 1 aliphatic heterocycles. The number of amides is 1. The van der Waals surface area contributed by atoms with Crippen molar-refractivity contribution in [2.75, 3.05) is 11.5 Å². The van der Waals surface area contributed by atoms with Crippen molar-refractivity contribution in [1.29, 1.82) is 0 Å². The summed E-state index contributed by atoms with van der Waals surface area (Å²) < 4.78 is 22.7. The Hall–Kier alpha value is -0.580. The first-order chi connectivity index (χ1) is 6.07. The van der Waals surface area contributed by atoms with Gasteiger partial charge in [-0.2, -0.15) is 0 Å². The first kappa shape index (κ1) is 8.99. The number of hydrogen-bond donors (Lipinski definition) is 1. The molecule has 0 aromatic rings. The Morgan fingerprint density at radius 3 is 2.62 bits per heavy atom. The van der Waals surface area contributed by atoms with Gasteiger partial charge >= 0.3 is 0 Å². The maximum Gasteiger partial charge on any atom is 0.221 e. The van der Waals surface area contributed by atoms with E-state index >= 15 is 0 Å². The summed E-state index contributed by atoms with van der Waals surface area (Å²) in [7, 11) is -2.99. The Labute approximate surface area is 77.6 Å². The van der Waals surface area contributed by atoms with Gasteiger partial charge in [0.2, 0.25) is 5.91 Å². The number of nitrogens with one attached hydrogen (secondary N) is 1. The van der Waals surface area contributed by atoms with Crippen molar-refractivity contribution < 1.29 is 13.2 Å². The molecule has 5 heteroatoms. The van der Waals surface area contributed by atoms with Crippen molar-refractivity contribution in [3.05, 3.63) is 0 Å². The van der Waals surface area contributed by atoms with Gasteiger partial charge in [-0.25, -0.2) is 8.42 Å². The molecule has 1 aliphatic carbocycles. The summed E-state index contributed by atoms with van der Waals surface area (Å²) in [5.74, 6) is 0.459. The molecule has 1 saturated heterocycles. The molecule has 0 bridgehead atoms. The van der Waals surface area contributed by atoms with E-state index in [0.29, 0.717) is 5.92 Å². The topological polar surface area (TPSA) is 63.2 Å². The van der Waals surface area contributed by atoms with Crippen LogP contribution in [0, 0.1) is 5.92 Å². The minimum absolute atomic E-state index is 0.0159. The third-order valence-electron chi connectivity index (χ3n) is 2.61. The summed E-state index contributed by atoms with van der Waals surface area (Å²) in [6.07, 6.45) is 2.24. The minimum Gasteiger partial charge on any atom is -0.352 e. The van der Waals surface area contributed by atoms with Crippen LogP contribution in [0.15, 0.2) is 0 Å². The first-order valence-electron chi connectivity index (χ1n) is 4.57. The molecule has 4 nitrogen and oxygen atoms in total. The predicted octanol–water partition coefficient (Wildman–Crippen LogP) is -0.300. The third kappa shape index (κ3) is 2.21. The van der Waals surface area contributed by atoms with Gasteiger partial charge < -0.3 is 5.32 Å². The Bertz CT molecular complexity index is 318. The number of hydrogen-bond acceptors (Lipinski definition) is 3. The molecule has 13 heavy (non-hydrogen) atoms. The average molecular weight is 203 g/mol. The van der Waals surface area contributed by atoms with Crippen LogP contribution in [0.4, 0.5) is 0 Å². The van der Waals surface area contributed by atoms with Crippen LogP contribution in [-0.2, 0) is 14.6 Å². The second-order valence-corrected chi connectivity index (χ2v) is 6.10.